The predicted octanol–water partition coefficient (Wildman–Crippen LogP) is 1.65. The molecule has 2 aromatic rings. The number of anilines is 1. The van der Waals surface area contributed by atoms with Crippen molar-refractivity contribution in [2.45, 2.75) is 44.9 Å². The Hall–Kier alpha value is -2.71. The van der Waals surface area contributed by atoms with Gasteiger partial charge in [0, 0.05) is 57.1 Å². The fourth-order valence-corrected chi connectivity index (χ4v) is 6.61. The molecule has 11 nitrogen and oxygen atoms in total. The lowest BCUT2D eigenvalue weighted by molar-refractivity contribution is -0.150. The summed E-state index contributed by atoms with van der Waals surface area (Å²) in [4.78, 5) is 9.18. The highest BCUT2D eigenvalue weighted by molar-refractivity contribution is 5.51. The second-order valence-corrected chi connectivity index (χ2v) is 11.2. The summed E-state index contributed by atoms with van der Waals surface area (Å²) in [6.07, 6.45) is 1.32. The molecule has 4 aliphatic heterocycles. The number of methoxy groups -OCH3 is 1. The number of hydrazine groups is 1. The molecule has 0 radical (unpaired) electrons. The minimum absolute atomic E-state index is 0.199. The number of halogens is 1. The van der Waals surface area contributed by atoms with E-state index < -0.39 is 18.4 Å². The Labute approximate surface area is 241 Å². The normalized spacial score (nSPS) is 26.7. The summed E-state index contributed by atoms with van der Waals surface area (Å²) in [6.45, 7) is 10.4. The first-order chi connectivity index (χ1) is 19.9. The first kappa shape index (κ1) is 28.4. The van der Waals surface area contributed by atoms with Gasteiger partial charge in [0.15, 0.2) is 29.4 Å². The van der Waals surface area contributed by atoms with E-state index in [1.165, 1.54) is 25.2 Å². The molecule has 2 aromatic carbocycles. The van der Waals surface area contributed by atoms with Gasteiger partial charge in [-0.05, 0) is 55.8 Å². The van der Waals surface area contributed by atoms with Crippen molar-refractivity contribution < 1.29 is 18.6 Å². The fraction of sp³-hybridized carbons (Fsp3) is 0.586. The number of likely N-dealkylation sites (tertiary alicyclic amines) is 1. The van der Waals surface area contributed by atoms with E-state index in [0.29, 0.717) is 18.4 Å². The highest BCUT2D eigenvalue weighted by Crippen LogP contribution is 2.33. The molecule has 12 heteroatoms. The third-order valence-corrected chi connectivity index (χ3v) is 8.92. The van der Waals surface area contributed by atoms with Crippen LogP contribution in [0.25, 0.3) is 0 Å². The number of ether oxygens (including phenoxy) is 3. The summed E-state index contributed by atoms with van der Waals surface area (Å²) >= 11 is 0. The van der Waals surface area contributed by atoms with Crippen LogP contribution in [-0.4, -0.2) is 110 Å². The summed E-state index contributed by atoms with van der Waals surface area (Å²) in [5.41, 5.74) is 15.7. The molecule has 6 rings (SSSR count). The number of likely N-dealkylation sites (N-methyl/N-ethyl adjacent to an activating group) is 1. The Morgan fingerprint density at radius 2 is 1.76 bits per heavy atom. The zero-order valence-electron chi connectivity index (χ0n) is 24.1. The van der Waals surface area contributed by atoms with Gasteiger partial charge in [-0.3, -0.25) is 26.2 Å². The molecule has 3 unspecified atom stereocenters. The Morgan fingerprint density at radius 3 is 2.51 bits per heavy atom. The largest absolute Gasteiger partial charge is 0.494 e. The molecule has 4 heterocycles. The Balaban J connectivity index is 1.18. The zero-order valence-corrected chi connectivity index (χ0v) is 24.1. The smallest absolute Gasteiger partial charge is 0.231 e. The molecule has 0 aromatic heterocycles. The van der Waals surface area contributed by atoms with E-state index in [9.17, 15) is 4.39 Å². The summed E-state index contributed by atoms with van der Waals surface area (Å²) < 4.78 is 31.0. The van der Waals surface area contributed by atoms with Crippen molar-refractivity contribution in [1.29, 1.82) is 0 Å². The average Bonchev–Trinajstić information content (AvgIpc) is 3.64. The third kappa shape index (κ3) is 5.82. The van der Waals surface area contributed by atoms with Gasteiger partial charge < -0.3 is 19.1 Å². The zero-order chi connectivity index (χ0) is 28.5. The SMILES string of the molecule is CCN1CCCC1CN1CN(N2CCN(Cc3ccc4c(c3)OCO4)CC2)C(N)N(c2ccc(OC)c(F)c2)C1N. The van der Waals surface area contributed by atoms with E-state index in [-0.39, 0.29) is 12.5 Å². The lowest BCUT2D eigenvalue weighted by Gasteiger charge is -2.55. The van der Waals surface area contributed by atoms with Crippen LogP contribution in [-0.2, 0) is 6.54 Å². The van der Waals surface area contributed by atoms with Crippen molar-refractivity contribution in [2.75, 3.05) is 71.3 Å². The summed E-state index contributed by atoms with van der Waals surface area (Å²) in [6, 6.07) is 11.5. The van der Waals surface area contributed by atoms with Crippen LogP contribution in [0.2, 0.25) is 0 Å². The second-order valence-electron chi connectivity index (χ2n) is 11.2. The van der Waals surface area contributed by atoms with E-state index in [1.54, 1.807) is 6.07 Å². The lowest BCUT2D eigenvalue weighted by Crippen LogP contribution is -2.76. The first-order valence-electron chi connectivity index (χ1n) is 14.7. The van der Waals surface area contributed by atoms with Crippen LogP contribution in [0.5, 0.6) is 17.2 Å². The van der Waals surface area contributed by atoms with E-state index in [0.717, 1.165) is 70.3 Å². The maximum absolute atomic E-state index is 14.8. The number of benzene rings is 2. The van der Waals surface area contributed by atoms with Gasteiger partial charge in [0.1, 0.15) is 6.29 Å². The molecule has 224 valence electrons. The van der Waals surface area contributed by atoms with Crippen molar-refractivity contribution in [1.82, 2.24) is 24.7 Å². The van der Waals surface area contributed by atoms with Gasteiger partial charge in [-0.1, -0.05) is 13.0 Å². The van der Waals surface area contributed by atoms with Crippen molar-refractivity contribution in [3.63, 3.8) is 0 Å². The van der Waals surface area contributed by atoms with Crippen molar-refractivity contribution >= 4 is 5.69 Å². The molecule has 0 spiro atoms. The molecule has 41 heavy (non-hydrogen) atoms. The lowest BCUT2D eigenvalue weighted by atomic mass is 10.1. The van der Waals surface area contributed by atoms with Gasteiger partial charge in [-0.2, -0.15) is 5.01 Å². The van der Waals surface area contributed by atoms with Crippen molar-refractivity contribution in [3.05, 3.63) is 47.8 Å². The van der Waals surface area contributed by atoms with Gasteiger partial charge in [0.25, 0.3) is 0 Å². The fourth-order valence-electron chi connectivity index (χ4n) is 6.61. The number of nitrogens with zero attached hydrogens (tertiary/aromatic N) is 6. The number of nitrogens with two attached hydrogens (primary N) is 2. The molecule has 3 saturated heterocycles. The van der Waals surface area contributed by atoms with Crippen LogP contribution < -0.4 is 30.6 Å². The molecule has 3 fully saturated rings. The van der Waals surface area contributed by atoms with E-state index in [1.807, 2.05) is 17.0 Å². The number of hydrogen-bond donors (Lipinski definition) is 2. The van der Waals surface area contributed by atoms with E-state index >= 15 is 0 Å². The van der Waals surface area contributed by atoms with Gasteiger partial charge in [0.2, 0.25) is 6.79 Å². The summed E-state index contributed by atoms with van der Waals surface area (Å²) in [7, 11) is 1.47. The molecule has 4 N–H and O–H groups in total. The van der Waals surface area contributed by atoms with Gasteiger partial charge in [-0.15, -0.1) is 0 Å². The Bertz CT molecular complexity index is 1200. The minimum Gasteiger partial charge on any atom is -0.494 e. The van der Waals surface area contributed by atoms with Crippen LogP contribution in [0.1, 0.15) is 25.3 Å². The highest BCUT2D eigenvalue weighted by atomic mass is 19.1. The number of fused-ring (bicyclic) bond motifs is 1. The predicted molar refractivity (Wildman–Crippen MR) is 154 cm³/mol. The van der Waals surface area contributed by atoms with Crippen LogP contribution in [0.15, 0.2) is 36.4 Å². The monoisotopic (exact) mass is 570 g/mol. The van der Waals surface area contributed by atoms with E-state index in [4.69, 9.17) is 25.7 Å². The van der Waals surface area contributed by atoms with Gasteiger partial charge in [0.05, 0.1) is 13.8 Å². The van der Waals surface area contributed by atoms with Crippen LogP contribution >= 0.6 is 0 Å². The van der Waals surface area contributed by atoms with Crippen LogP contribution in [0.3, 0.4) is 0 Å². The van der Waals surface area contributed by atoms with Crippen LogP contribution in [0.4, 0.5) is 10.1 Å². The quantitative estimate of drug-likeness (QED) is 0.485. The molecule has 0 saturated carbocycles. The molecule has 0 bridgehead atoms. The molecule has 0 amide bonds. The molecular weight excluding hydrogens is 527 g/mol. The first-order valence-corrected chi connectivity index (χ1v) is 14.7. The topological polar surface area (TPSA) is 99.2 Å². The molecule has 0 aliphatic carbocycles. The standard InChI is InChI=1S/C29H43FN8O3/c1-3-34-10-4-5-23(34)18-35-19-37(29(32)38(28(35)31)22-7-9-25(39-2)24(30)16-22)36-13-11-33(12-14-36)17-21-6-8-26-27(15-21)41-20-40-26/h6-9,15-16,23,28-29H,3-5,10-14,17-20,31-32H2,1-2H3. The number of hydrogen-bond acceptors (Lipinski definition) is 11. The molecular formula is C29H43FN8O3. The Kier molecular flexibility index (Phi) is 8.50. The van der Waals surface area contributed by atoms with E-state index in [2.05, 4.69) is 43.8 Å². The molecule has 4 aliphatic rings. The Morgan fingerprint density at radius 1 is 0.951 bits per heavy atom. The van der Waals surface area contributed by atoms with Gasteiger partial charge in [-0.25, -0.2) is 9.40 Å². The maximum Gasteiger partial charge on any atom is 0.231 e. The minimum atomic E-state index is -0.541. The highest BCUT2D eigenvalue weighted by Gasteiger charge is 2.42. The third-order valence-electron chi connectivity index (χ3n) is 8.92. The number of piperazine rings is 1. The van der Waals surface area contributed by atoms with Gasteiger partial charge >= 0.3 is 0 Å². The van der Waals surface area contributed by atoms with Crippen LogP contribution in [0, 0.1) is 5.82 Å². The second kappa shape index (κ2) is 12.3. The number of rotatable bonds is 8. The maximum atomic E-state index is 14.8. The van der Waals surface area contributed by atoms with Crippen molar-refractivity contribution in [2.24, 2.45) is 11.5 Å². The summed E-state index contributed by atoms with van der Waals surface area (Å²) in [5.74, 6) is 1.39. The molecule has 3 atom stereocenters. The summed E-state index contributed by atoms with van der Waals surface area (Å²) in [5, 5.41) is 4.54. The van der Waals surface area contributed by atoms with Crippen molar-refractivity contribution in [3.8, 4) is 17.2 Å². The average molecular weight is 571 g/mol.